The Morgan fingerprint density at radius 3 is 2.42 bits per heavy atom. The second-order valence-corrected chi connectivity index (χ2v) is 9.35. The Morgan fingerprint density at radius 2 is 1.87 bits per heavy atom. The van der Waals surface area contributed by atoms with Crippen LogP contribution in [0.4, 0.5) is 0 Å². The Balaban J connectivity index is 2.71. The number of ketones is 1. The number of rotatable bonds is 13. The van der Waals surface area contributed by atoms with Gasteiger partial charge in [0.1, 0.15) is 0 Å². The molecule has 0 aromatic carbocycles. The van der Waals surface area contributed by atoms with Gasteiger partial charge in [-0.05, 0) is 43.8 Å². The molecule has 1 aliphatic rings. The number of aliphatic imine (C=N–C) groups is 1. The molecule has 31 heavy (non-hydrogen) atoms. The predicted molar refractivity (Wildman–Crippen MR) is 127 cm³/mol. The number of Topliss-reactive ketones (excluding diaryl/α,β-unsaturated/α-hetero) is 1. The lowest BCUT2D eigenvalue weighted by atomic mass is 9.67. The van der Waals surface area contributed by atoms with Crippen LogP contribution in [0.5, 0.6) is 0 Å². The van der Waals surface area contributed by atoms with Gasteiger partial charge in [0.15, 0.2) is 11.7 Å². The van der Waals surface area contributed by atoms with E-state index in [1.165, 1.54) is 0 Å². The van der Waals surface area contributed by atoms with E-state index in [0.717, 1.165) is 12.8 Å². The van der Waals surface area contributed by atoms with E-state index in [-0.39, 0.29) is 36.0 Å². The van der Waals surface area contributed by atoms with Crippen LogP contribution >= 0.6 is 12.2 Å². The van der Waals surface area contributed by atoms with Gasteiger partial charge in [-0.15, -0.1) is 0 Å². The maximum absolute atomic E-state index is 13.0. The van der Waals surface area contributed by atoms with Crippen molar-refractivity contribution >= 4 is 41.9 Å². The van der Waals surface area contributed by atoms with Crippen LogP contribution in [-0.4, -0.2) is 69.8 Å². The predicted octanol–water partition coefficient (Wildman–Crippen LogP) is 0.213. The molecule has 1 aliphatic heterocycles. The molecule has 4 atom stereocenters. The summed E-state index contributed by atoms with van der Waals surface area (Å²) in [6.07, 6.45) is 3.06. The lowest BCUT2D eigenvalue weighted by molar-refractivity contribution is -0.137. The molecule has 0 spiro atoms. The number of thiocarbonyl (C=S) groups is 1. The Bertz CT molecular complexity index is 657. The highest BCUT2D eigenvalue weighted by molar-refractivity contribution is 7.80. The molecule has 0 saturated carbocycles. The van der Waals surface area contributed by atoms with E-state index in [4.69, 9.17) is 29.4 Å². The number of hydrogen-bond acceptors (Lipinski definition) is 7. The number of guanidine groups is 1. The summed E-state index contributed by atoms with van der Waals surface area (Å²) in [5.41, 5.74) is 16.5. The maximum atomic E-state index is 13.0. The monoisotopic (exact) mass is 455 g/mol. The van der Waals surface area contributed by atoms with Gasteiger partial charge in [-0.1, -0.05) is 33.0 Å². The minimum Gasteiger partial charge on any atom is -0.427 e. The first kappa shape index (κ1) is 27.5. The SMILES string of the molecule is CC(CC(=O)C(N)C(C)C)C(=O)N1CCCC1C(=S)CC(CCCN=C(N)N)B(O)O. The van der Waals surface area contributed by atoms with Crippen molar-refractivity contribution in [3.05, 3.63) is 0 Å². The summed E-state index contributed by atoms with van der Waals surface area (Å²) >= 11 is 5.61. The van der Waals surface area contributed by atoms with E-state index >= 15 is 0 Å². The first-order valence-electron chi connectivity index (χ1n) is 11.0. The number of hydrogen-bond donors (Lipinski definition) is 5. The molecular weight excluding hydrogens is 417 g/mol. The van der Waals surface area contributed by atoms with Gasteiger partial charge >= 0.3 is 7.12 Å². The average molecular weight is 455 g/mol. The summed E-state index contributed by atoms with van der Waals surface area (Å²) in [4.78, 5) is 31.6. The quantitative estimate of drug-likeness (QED) is 0.0863. The van der Waals surface area contributed by atoms with Crippen LogP contribution in [0.3, 0.4) is 0 Å². The standard InChI is InChI=1S/C20H38BN5O4S/c1-12(2)18(22)16(27)10-13(3)19(28)26-9-5-7-15(26)17(31)11-14(21(29)30)6-4-8-25-20(23)24/h12-15,18,29-30H,4-11,22H2,1-3H3,(H4,23,24,25). The van der Waals surface area contributed by atoms with Crippen molar-refractivity contribution in [3.8, 4) is 0 Å². The molecule has 176 valence electrons. The van der Waals surface area contributed by atoms with Gasteiger partial charge in [-0.2, -0.15) is 0 Å². The molecule has 0 aliphatic carbocycles. The number of carbonyl (C=O) groups excluding carboxylic acids is 2. The van der Waals surface area contributed by atoms with Crippen molar-refractivity contribution in [2.45, 2.75) is 77.2 Å². The van der Waals surface area contributed by atoms with Crippen LogP contribution in [0.1, 0.15) is 59.3 Å². The molecule has 0 aromatic heterocycles. The van der Waals surface area contributed by atoms with Crippen molar-refractivity contribution in [2.24, 2.45) is 34.0 Å². The fraction of sp³-hybridized carbons (Fsp3) is 0.800. The lowest BCUT2D eigenvalue weighted by Crippen LogP contribution is -2.44. The second kappa shape index (κ2) is 13.1. The fourth-order valence-corrected chi connectivity index (χ4v) is 4.32. The highest BCUT2D eigenvalue weighted by atomic mass is 32.1. The second-order valence-electron chi connectivity index (χ2n) is 8.82. The summed E-state index contributed by atoms with van der Waals surface area (Å²) in [5.74, 6) is -1.13. The number of carbonyl (C=O) groups is 2. The number of likely N-dealkylation sites (tertiary alicyclic amines) is 1. The first-order valence-corrected chi connectivity index (χ1v) is 11.4. The van der Waals surface area contributed by atoms with Gasteiger partial charge in [0.25, 0.3) is 0 Å². The van der Waals surface area contributed by atoms with Gasteiger partial charge in [0, 0.05) is 30.3 Å². The number of amides is 1. The molecule has 1 saturated heterocycles. The summed E-state index contributed by atoms with van der Waals surface area (Å²) in [5, 5.41) is 19.5. The molecule has 9 nitrogen and oxygen atoms in total. The highest BCUT2D eigenvalue weighted by Gasteiger charge is 2.36. The van der Waals surface area contributed by atoms with Gasteiger partial charge in [0.2, 0.25) is 5.91 Å². The molecule has 1 amide bonds. The summed E-state index contributed by atoms with van der Waals surface area (Å²) in [6.45, 7) is 6.49. The van der Waals surface area contributed by atoms with Gasteiger partial charge in [-0.3, -0.25) is 14.6 Å². The molecule has 4 unspecified atom stereocenters. The van der Waals surface area contributed by atoms with E-state index in [1.807, 2.05) is 13.8 Å². The van der Waals surface area contributed by atoms with Crippen LogP contribution in [0.2, 0.25) is 5.82 Å². The van der Waals surface area contributed by atoms with Crippen molar-refractivity contribution < 1.29 is 19.6 Å². The summed E-state index contributed by atoms with van der Waals surface area (Å²) in [6, 6.07) is -0.811. The highest BCUT2D eigenvalue weighted by Crippen LogP contribution is 2.28. The largest absolute Gasteiger partial charge is 0.455 e. The Hall–Kier alpha value is -1.56. The van der Waals surface area contributed by atoms with E-state index in [2.05, 4.69) is 4.99 Å². The zero-order chi connectivity index (χ0) is 23.7. The molecular formula is C20H38BN5O4S. The molecule has 1 fully saturated rings. The van der Waals surface area contributed by atoms with Crippen LogP contribution in [-0.2, 0) is 9.59 Å². The van der Waals surface area contributed by atoms with Crippen LogP contribution in [0, 0.1) is 11.8 Å². The summed E-state index contributed by atoms with van der Waals surface area (Å²) < 4.78 is 0. The van der Waals surface area contributed by atoms with Gasteiger partial charge < -0.3 is 32.1 Å². The van der Waals surface area contributed by atoms with E-state index < -0.39 is 24.9 Å². The molecule has 0 radical (unpaired) electrons. The van der Waals surface area contributed by atoms with Crippen molar-refractivity contribution in [2.75, 3.05) is 13.1 Å². The zero-order valence-electron chi connectivity index (χ0n) is 18.9. The normalized spacial score (nSPS) is 19.1. The Kier molecular flexibility index (Phi) is 11.6. The number of nitrogens with zero attached hydrogens (tertiary/aromatic N) is 2. The lowest BCUT2D eigenvalue weighted by Gasteiger charge is -2.29. The van der Waals surface area contributed by atoms with Crippen molar-refractivity contribution in [1.29, 1.82) is 0 Å². The maximum Gasteiger partial charge on any atom is 0.455 e. The Morgan fingerprint density at radius 1 is 1.23 bits per heavy atom. The third kappa shape index (κ3) is 8.84. The average Bonchev–Trinajstić information content (AvgIpc) is 3.18. The van der Waals surface area contributed by atoms with E-state index in [0.29, 0.717) is 37.2 Å². The first-order chi connectivity index (χ1) is 14.5. The van der Waals surface area contributed by atoms with Crippen LogP contribution < -0.4 is 17.2 Å². The molecule has 11 heteroatoms. The van der Waals surface area contributed by atoms with Crippen LogP contribution in [0.15, 0.2) is 4.99 Å². The molecule has 1 rings (SSSR count). The fourth-order valence-electron chi connectivity index (χ4n) is 3.86. The number of nitrogens with two attached hydrogens (primary N) is 3. The van der Waals surface area contributed by atoms with E-state index in [9.17, 15) is 19.6 Å². The van der Waals surface area contributed by atoms with Crippen molar-refractivity contribution in [1.82, 2.24) is 4.90 Å². The minimum absolute atomic E-state index is 0.00122. The topological polar surface area (TPSA) is 168 Å². The van der Waals surface area contributed by atoms with Gasteiger partial charge in [-0.25, -0.2) is 0 Å². The zero-order valence-corrected chi connectivity index (χ0v) is 19.7. The molecule has 0 aromatic rings. The third-order valence-electron chi connectivity index (χ3n) is 5.84. The molecule has 0 bridgehead atoms. The third-order valence-corrected chi connectivity index (χ3v) is 6.28. The molecule has 1 heterocycles. The smallest absolute Gasteiger partial charge is 0.427 e. The molecule has 8 N–H and O–H groups in total. The minimum atomic E-state index is -1.52. The van der Waals surface area contributed by atoms with Gasteiger partial charge in [0.05, 0.1) is 12.1 Å². The van der Waals surface area contributed by atoms with Crippen LogP contribution in [0.25, 0.3) is 0 Å². The Labute approximate surface area is 191 Å². The summed E-state index contributed by atoms with van der Waals surface area (Å²) in [7, 11) is -1.52. The van der Waals surface area contributed by atoms with E-state index in [1.54, 1.807) is 11.8 Å². The van der Waals surface area contributed by atoms with Crippen molar-refractivity contribution in [3.63, 3.8) is 0 Å².